The van der Waals surface area contributed by atoms with E-state index < -0.39 is 11.9 Å². The van der Waals surface area contributed by atoms with Gasteiger partial charge in [-0.1, -0.05) is 36.2 Å². The molecule has 1 unspecified atom stereocenters. The van der Waals surface area contributed by atoms with Gasteiger partial charge >= 0.3 is 5.97 Å². The smallest absolute Gasteiger partial charge is 0.308 e. The van der Waals surface area contributed by atoms with Crippen LogP contribution in [0.5, 0.6) is 0 Å². The summed E-state index contributed by atoms with van der Waals surface area (Å²) in [6.45, 7) is 4.28. The molecule has 1 aromatic carbocycles. The fourth-order valence-corrected chi connectivity index (χ4v) is 3.66. The molecule has 2 rings (SSSR count). The van der Waals surface area contributed by atoms with Crippen molar-refractivity contribution in [3.05, 3.63) is 33.8 Å². The van der Waals surface area contributed by atoms with Crippen LogP contribution in [0.2, 0.25) is 10.0 Å². The summed E-state index contributed by atoms with van der Waals surface area (Å²) in [6.07, 6.45) is 1.86. The first-order valence-electron chi connectivity index (χ1n) is 7.78. The van der Waals surface area contributed by atoms with Crippen LogP contribution in [0.25, 0.3) is 0 Å². The molecule has 1 aromatic rings. The van der Waals surface area contributed by atoms with Crippen LogP contribution in [0.1, 0.15) is 32.3 Å². The van der Waals surface area contributed by atoms with E-state index in [0.29, 0.717) is 29.4 Å². The van der Waals surface area contributed by atoms with E-state index in [2.05, 4.69) is 0 Å². The Morgan fingerprint density at radius 1 is 1.39 bits per heavy atom. The van der Waals surface area contributed by atoms with Crippen molar-refractivity contribution >= 4 is 35.1 Å². The molecule has 0 saturated carbocycles. The van der Waals surface area contributed by atoms with E-state index in [1.54, 1.807) is 17.0 Å². The first kappa shape index (κ1) is 18.1. The Morgan fingerprint density at radius 3 is 2.70 bits per heavy atom. The fourth-order valence-electron chi connectivity index (χ4n) is 3.17. The van der Waals surface area contributed by atoms with Gasteiger partial charge in [0.1, 0.15) is 0 Å². The van der Waals surface area contributed by atoms with Crippen LogP contribution in [-0.2, 0) is 16.0 Å². The van der Waals surface area contributed by atoms with Gasteiger partial charge in [0.25, 0.3) is 0 Å². The number of hydrogen-bond acceptors (Lipinski definition) is 2. The summed E-state index contributed by atoms with van der Waals surface area (Å²) >= 11 is 12.1. The zero-order valence-electron chi connectivity index (χ0n) is 13.3. The third-order valence-electron chi connectivity index (χ3n) is 4.55. The molecular weight excluding hydrogens is 337 g/mol. The maximum atomic E-state index is 12.7. The second kappa shape index (κ2) is 7.54. The van der Waals surface area contributed by atoms with Crippen molar-refractivity contribution in [1.29, 1.82) is 0 Å². The van der Waals surface area contributed by atoms with E-state index in [-0.39, 0.29) is 17.9 Å². The highest BCUT2D eigenvalue weighted by atomic mass is 35.5. The zero-order chi connectivity index (χ0) is 17.1. The van der Waals surface area contributed by atoms with Gasteiger partial charge in [-0.05, 0) is 43.9 Å². The maximum absolute atomic E-state index is 12.7. The monoisotopic (exact) mass is 357 g/mol. The van der Waals surface area contributed by atoms with Gasteiger partial charge in [-0.3, -0.25) is 9.59 Å². The number of aliphatic carboxylic acids is 1. The number of piperidine rings is 1. The second-order valence-corrected chi connectivity index (χ2v) is 7.04. The number of hydrogen-bond donors (Lipinski definition) is 1. The number of benzene rings is 1. The fraction of sp³-hybridized carbons (Fsp3) is 0.529. The van der Waals surface area contributed by atoms with Crippen LogP contribution in [0, 0.1) is 11.8 Å². The van der Waals surface area contributed by atoms with Gasteiger partial charge in [-0.25, -0.2) is 0 Å². The highest BCUT2D eigenvalue weighted by Gasteiger charge is 2.36. The van der Waals surface area contributed by atoms with Gasteiger partial charge in [0, 0.05) is 28.5 Å². The lowest BCUT2D eigenvalue weighted by Gasteiger charge is -2.39. The molecule has 3 atom stereocenters. The van der Waals surface area contributed by atoms with Crippen molar-refractivity contribution < 1.29 is 14.7 Å². The molecule has 1 amide bonds. The molecular formula is C17H21Cl2NO3. The minimum atomic E-state index is -0.830. The van der Waals surface area contributed by atoms with Crippen molar-refractivity contribution in [3.8, 4) is 0 Å². The lowest BCUT2D eigenvalue weighted by molar-refractivity contribution is -0.150. The number of carboxylic acids is 1. The Bertz CT molecular complexity index is 606. The van der Waals surface area contributed by atoms with E-state index >= 15 is 0 Å². The zero-order valence-corrected chi connectivity index (χ0v) is 14.8. The normalized spacial score (nSPS) is 22.7. The first-order chi connectivity index (χ1) is 10.8. The highest BCUT2D eigenvalue weighted by molar-refractivity contribution is 6.35. The summed E-state index contributed by atoms with van der Waals surface area (Å²) < 4.78 is 0. The van der Waals surface area contributed by atoms with E-state index in [0.717, 1.165) is 12.0 Å². The largest absolute Gasteiger partial charge is 0.481 e. The number of carboxylic acid groups (broad SMARTS) is 1. The number of likely N-dealkylation sites (tertiary alicyclic amines) is 1. The van der Waals surface area contributed by atoms with Crippen molar-refractivity contribution in [2.75, 3.05) is 6.54 Å². The Labute approximate surface area is 146 Å². The molecule has 1 saturated heterocycles. The van der Waals surface area contributed by atoms with Crippen molar-refractivity contribution in [2.45, 2.75) is 39.2 Å². The lowest BCUT2D eigenvalue weighted by Crippen LogP contribution is -2.50. The van der Waals surface area contributed by atoms with Gasteiger partial charge in [-0.15, -0.1) is 0 Å². The molecule has 0 bridgehead atoms. The summed E-state index contributed by atoms with van der Waals surface area (Å²) in [5, 5.41) is 10.4. The molecule has 0 radical (unpaired) electrons. The molecule has 0 aliphatic carbocycles. The Balaban J connectivity index is 2.08. The summed E-state index contributed by atoms with van der Waals surface area (Å²) in [5.74, 6) is -1.60. The number of amides is 1. The SMILES string of the molecule is CC(Cc1ccc(Cl)cc1Cl)C(=O)N1CCC[C@H](C(=O)O)[C@@H]1C. The molecule has 23 heavy (non-hydrogen) atoms. The van der Waals surface area contributed by atoms with E-state index in [1.807, 2.05) is 19.9 Å². The van der Waals surface area contributed by atoms with Gasteiger partial charge in [0.2, 0.25) is 5.91 Å². The van der Waals surface area contributed by atoms with Crippen molar-refractivity contribution in [3.63, 3.8) is 0 Å². The topological polar surface area (TPSA) is 57.6 Å². The number of carbonyl (C=O) groups is 2. The molecule has 1 N–H and O–H groups in total. The van der Waals surface area contributed by atoms with E-state index in [1.165, 1.54) is 0 Å². The Morgan fingerprint density at radius 2 is 2.09 bits per heavy atom. The third kappa shape index (κ3) is 4.18. The predicted octanol–water partition coefficient (Wildman–Crippen LogP) is 3.88. The highest BCUT2D eigenvalue weighted by Crippen LogP contribution is 2.28. The van der Waals surface area contributed by atoms with E-state index in [9.17, 15) is 14.7 Å². The van der Waals surface area contributed by atoms with Crippen LogP contribution >= 0.6 is 23.2 Å². The molecule has 126 valence electrons. The first-order valence-corrected chi connectivity index (χ1v) is 8.54. The maximum Gasteiger partial charge on any atom is 0.308 e. The number of halogens is 2. The quantitative estimate of drug-likeness (QED) is 0.889. The Hall–Kier alpha value is -1.26. The van der Waals surface area contributed by atoms with Crippen LogP contribution in [0.15, 0.2) is 18.2 Å². The molecule has 1 fully saturated rings. The van der Waals surface area contributed by atoms with Crippen molar-refractivity contribution in [1.82, 2.24) is 4.90 Å². The van der Waals surface area contributed by atoms with E-state index in [4.69, 9.17) is 23.2 Å². The van der Waals surface area contributed by atoms with Gasteiger partial charge in [0.05, 0.1) is 5.92 Å². The Kier molecular flexibility index (Phi) is 5.93. The number of nitrogens with zero attached hydrogens (tertiary/aromatic N) is 1. The average Bonchev–Trinajstić information content (AvgIpc) is 2.49. The minimum absolute atomic E-state index is 0.0190. The van der Waals surface area contributed by atoms with Crippen LogP contribution in [0.4, 0.5) is 0 Å². The van der Waals surface area contributed by atoms with Crippen LogP contribution in [0.3, 0.4) is 0 Å². The summed E-state index contributed by atoms with van der Waals surface area (Å²) in [6, 6.07) is 4.97. The number of rotatable bonds is 4. The summed E-state index contributed by atoms with van der Waals surface area (Å²) in [5.41, 5.74) is 0.872. The van der Waals surface area contributed by atoms with Gasteiger partial charge in [0.15, 0.2) is 0 Å². The van der Waals surface area contributed by atoms with Gasteiger partial charge < -0.3 is 10.0 Å². The molecule has 1 aliphatic heterocycles. The molecule has 4 nitrogen and oxygen atoms in total. The molecule has 1 aliphatic rings. The molecule has 1 heterocycles. The van der Waals surface area contributed by atoms with Crippen LogP contribution < -0.4 is 0 Å². The summed E-state index contributed by atoms with van der Waals surface area (Å²) in [7, 11) is 0. The van der Waals surface area contributed by atoms with Gasteiger partial charge in [-0.2, -0.15) is 0 Å². The second-order valence-electron chi connectivity index (χ2n) is 6.20. The standard InChI is InChI=1S/C17H21Cl2NO3/c1-10(8-12-5-6-13(18)9-15(12)19)16(21)20-7-3-4-14(11(20)2)17(22)23/h5-6,9-11,14H,3-4,7-8H2,1-2H3,(H,22,23)/t10?,11-,14-/m0/s1. The molecule has 6 heteroatoms. The lowest BCUT2D eigenvalue weighted by atomic mass is 9.88. The predicted molar refractivity (Wildman–Crippen MR) is 90.9 cm³/mol. The van der Waals surface area contributed by atoms with Crippen LogP contribution in [-0.4, -0.2) is 34.5 Å². The molecule has 0 aromatic heterocycles. The summed E-state index contributed by atoms with van der Waals surface area (Å²) in [4.78, 5) is 25.7. The third-order valence-corrected chi connectivity index (χ3v) is 5.14. The molecule has 0 spiro atoms. The van der Waals surface area contributed by atoms with Crippen molar-refractivity contribution in [2.24, 2.45) is 11.8 Å². The average molecular weight is 358 g/mol. The minimum Gasteiger partial charge on any atom is -0.481 e. The number of carbonyl (C=O) groups excluding carboxylic acids is 1.